The molecule has 3 heteroatoms. The summed E-state index contributed by atoms with van der Waals surface area (Å²) >= 11 is 3.30. The summed E-state index contributed by atoms with van der Waals surface area (Å²) in [5.41, 5.74) is 1.35. The van der Waals surface area contributed by atoms with Gasteiger partial charge in [0, 0.05) is 10.9 Å². The van der Waals surface area contributed by atoms with Gasteiger partial charge in [-0.05, 0) is 55.0 Å². The van der Waals surface area contributed by atoms with Gasteiger partial charge in [0.05, 0.1) is 0 Å². The lowest BCUT2D eigenvalue weighted by Gasteiger charge is -2.06. The second-order valence-electron chi connectivity index (χ2n) is 4.66. The Morgan fingerprint density at radius 1 is 1.28 bits per heavy atom. The van der Waals surface area contributed by atoms with Crippen molar-refractivity contribution in [1.82, 2.24) is 0 Å². The molecule has 96 valence electrons. The third-order valence-electron chi connectivity index (χ3n) is 3.26. The minimum absolute atomic E-state index is 0.0638. The van der Waals surface area contributed by atoms with E-state index in [1.165, 1.54) is 12.5 Å². The van der Waals surface area contributed by atoms with Crippen LogP contribution in [0.15, 0.2) is 34.3 Å². The Kier molecular flexibility index (Phi) is 4.70. The molecule has 0 heterocycles. The summed E-state index contributed by atoms with van der Waals surface area (Å²) in [5, 5.41) is 0. The molecule has 1 aromatic carbocycles. The van der Waals surface area contributed by atoms with E-state index in [-0.39, 0.29) is 18.0 Å². The van der Waals surface area contributed by atoms with Crippen LogP contribution in [0.2, 0.25) is 0 Å². The normalized spacial score (nSPS) is 16.0. The molecule has 0 unspecified atom stereocenters. The molecule has 1 aromatic rings. The molecule has 18 heavy (non-hydrogen) atoms. The fraction of sp³-hybridized carbons (Fsp3) is 0.400. The first-order valence-corrected chi connectivity index (χ1v) is 7.12. The van der Waals surface area contributed by atoms with Crippen LogP contribution in [-0.4, -0.2) is 5.78 Å². The molecular weight excluding hydrogens is 295 g/mol. The fourth-order valence-corrected chi connectivity index (χ4v) is 2.64. The first-order chi connectivity index (χ1) is 8.66. The van der Waals surface area contributed by atoms with Gasteiger partial charge in [0.2, 0.25) is 0 Å². The summed E-state index contributed by atoms with van der Waals surface area (Å²) < 4.78 is 14.4. The monoisotopic (exact) mass is 310 g/mol. The van der Waals surface area contributed by atoms with Crippen molar-refractivity contribution in [2.45, 2.75) is 38.5 Å². The molecular formula is C15H16BrFO. The van der Waals surface area contributed by atoms with Gasteiger partial charge in [-0.3, -0.25) is 4.79 Å². The Labute approximate surface area is 115 Å². The number of benzene rings is 1. The summed E-state index contributed by atoms with van der Waals surface area (Å²) in [5.74, 6) is -0.241. The predicted octanol–water partition coefficient (Wildman–Crippen LogP) is 4.59. The minimum atomic E-state index is -0.305. The van der Waals surface area contributed by atoms with Gasteiger partial charge in [-0.2, -0.15) is 0 Å². The second kappa shape index (κ2) is 6.28. The maximum atomic E-state index is 13.6. The molecule has 0 atom stereocenters. The van der Waals surface area contributed by atoms with Crippen molar-refractivity contribution in [3.8, 4) is 0 Å². The van der Waals surface area contributed by atoms with Crippen LogP contribution in [-0.2, 0) is 11.2 Å². The van der Waals surface area contributed by atoms with Crippen LogP contribution in [0, 0.1) is 5.82 Å². The highest BCUT2D eigenvalue weighted by Gasteiger charge is 2.14. The number of carbonyl (C=O) groups is 1. The Balaban J connectivity index is 2.10. The second-order valence-corrected chi connectivity index (χ2v) is 5.58. The van der Waals surface area contributed by atoms with Gasteiger partial charge < -0.3 is 0 Å². The minimum Gasteiger partial charge on any atom is -0.294 e. The molecule has 1 nitrogen and oxygen atoms in total. The van der Waals surface area contributed by atoms with Gasteiger partial charge in [-0.1, -0.05) is 28.4 Å². The van der Waals surface area contributed by atoms with Gasteiger partial charge in [0.1, 0.15) is 5.82 Å². The van der Waals surface area contributed by atoms with Crippen molar-refractivity contribution in [3.63, 3.8) is 0 Å². The molecule has 0 amide bonds. The van der Waals surface area contributed by atoms with Gasteiger partial charge in [0.25, 0.3) is 0 Å². The number of ketones is 1. The number of allylic oxidation sites excluding steroid dienone is 2. The van der Waals surface area contributed by atoms with Gasteiger partial charge in [-0.15, -0.1) is 0 Å². The number of halogens is 2. The molecule has 0 N–H and O–H groups in total. The largest absolute Gasteiger partial charge is 0.294 e. The predicted molar refractivity (Wildman–Crippen MR) is 74.0 cm³/mol. The van der Waals surface area contributed by atoms with Crippen LogP contribution < -0.4 is 0 Å². The molecule has 0 saturated carbocycles. The number of hydrogen-bond donors (Lipinski definition) is 0. The highest BCUT2D eigenvalue weighted by atomic mass is 79.9. The van der Waals surface area contributed by atoms with Gasteiger partial charge >= 0.3 is 0 Å². The van der Waals surface area contributed by atoms with E-state index in [9.17, 15) is 9.18 Å². The van der Waals surface area contributed by atoms with E-state index in [1.54, 1.807) is 12.1 Å². The van der Waals surface area contributed by atoms with Crippen molar-refractivity contribution in [1.29, 1.82) is 0 Å². The Morgan fingerprint density at radius 2 is 2.11 bits per heavy atom. The SMILES string of the molecule is O=C(Cc1cc(Br)ccc1F)C1=CCCCCC1. The van der Waals surface area contributed by atoms with Crippen molar-refractivity contribution in [2.75, 3.05) is 0 Å². The van der Waals surface area contributed by atoms with Crippen molar-refractivity contribution < 1.29 is 9.18 Å². The topological polar surface area (TPSA) is 17.1 Å². The van der Waals surface area contributed by atoms with E-state index >= 15 is 0 Å². The highest BCUT2D eigenvalue weighted by Crippen LogP contribution is 2.21. The Morgan fingerprint density at radius 3 is 2.94 bits per heavy atom. The molecule has 0 radical (unpaired) electrons. The van der Waals surface area contributed by atoms with E-state index in [4.69, 9.17) is 0 Å². The third-order valence-corrected chi connectivity index (χ3v) is 3.75. The third kappa shape index (κ3) is 3.52. The molecule has 0 fully saturated rings. The maximum Gasteiger partial charge on any atom is 0.163 e. The zero-order valence-corrected chi connectivity index (χ0v) is 11.8. The lowest BCUT2D eigenvalue weighted by atomic mass is 9.99. The van der Waals surface area contributed by atoms with Crippen LogP contribution in [0.25, 0.3) is 0 Å². The summed E-state index contributed by atoms with van der Waals surface area (Å²) in [6.07, 6.45) is 7.41. The van der Waals surface area contributed by atoms with Crippen molar-refractivity contribution >= 4 is 21.7 Å². The molecule has 2 rings (SSSR count). The zero-order chi connectivity index (χ0) is 13.0. The highest BCUT2D eigenvalue weighted by molar-refractivity contribution is 9.10. The standard InChI is InChI=1S/C15H16BrFO/c16-13-7-8-14(17)12(9-13)10-15(18)11-5-3-1-2-4-6-11/h5,7-9H,1-4,6,10H2. The summed E-state index contributed by atoms with van der Waals surface area (Å²) in [7, 11) is 0. The van der Waals surface area contributed by atoms with E-state index in [0.29, 0.717) is 5.56 Å². The van der Waals surface area contributed by atoms with Crippen LogP contribution in [0.4, 0.5) is 4.39 Å². The molecule has 0 spiro atoms. The van der Waals surface area contributed by atoms with E-state index in [1.807, 2.05) is 6.08 Å². The molecule has 1 aliphatic rings. The Hall–Kier alpha value is -0.960. The summed E-state index contributed by atoms with van der Waals surface area (Å²) in [6, 6.07) is 4.73. The number of carbonyl (C=O) groups excluding carboxylic acids is 1. The van der Waals surface area contributed by atoms with E-state index in [2.05, 4.69) is 15.9 Å². The number of rotatable bonds is 3. The van der Waals surface area contributed by atoms with Gasteiger partial charge in [-0.25, -0.2) is 4.39 Å². The fourth-order valence-electron chi connectivity index (χ4n) is 2.23. The summed E-state index contributed by atoms with van der Waals surface area (Å²) in [4.78, 5) is 12.1. The lowest BCUT2D eigenvalue weighted by Crippen LogP contribution is -2.08. The lowest BCUT2D eigenvalue weighted by molar-refractivity contribution is -0.115. The van der Waals surface area contributed by atoms with Crippen molar-refractivity contribution in [2.24, 2.45) is 0 Å². The molecule has 1 aliphatic carbocycles. The van der Waals surface area contributed by atoms with Crippen LogP contribution in [0.5, 0.6) is 0 Å². The van der Waals surface area contributed by atoms with Gasteiger partial charge in [0.15, 0.2) is 5.78 Å². The Bertz CT molecular complexity index is 479. The first kappa shape index (κ1) is 13.5. The quantitative estimate of drug-likeness (QED) is 0.798. The summed E-state index contributed by atoms with van der Waals surface area (Å²) in [6.45, 7) is 0. The van der Waals surface area contributed by atoms with Crippen LogP contribution in [0.1, 0.15) is 37.7 Å². The maximum absolute atomic E-state index is 13.6. The van der Waals surface area contributed by atoms with Crippen LogP contribution in [0.3, 0.4) is 0 Å². The molecule has 0 saturated heterocycles. The van der Waals surface area contributed by atoms with Crippen LogP contribution >= 0.6 is 15.9 Å². The van der Waals surface area contributed by atoms with E-state index in [0.717, 1.165) is 35.7 Å². The molecule has 0 bridgehead atoms. The smallest absolute Gasteiger partial charge is 0.163 e. The molecule has 0 aliphatic heterocycles. The average molecular weight is 311 g/mol. The first-order valence-electron chi connectivity index (χ1n) is 6.33. The molecule has 0 aromatic heterocycles. The number of Topliss-reactive ketones (excluding diaryl/α,β-unsaturated/α-hetero) is 1. The van der Waals surface area contributed by atoms with Crippen molar-refractivity contribution in [3.05, 3.63) is 45.7 Å². The average Bonchev–Trinajstić information content (AvgIpc) is 2.62. The number of hydrogen-bond acceptors (Lipinski definition) is 1. The zero-order valence-electron chi connectivity index (χ0n) is 10.2. The van der Waals surface area contributed by atoms with E-state index < -0.39 is 0 Å².